The van der Waals surface area contributed by atoms with Gasteiger partial charge in [0.05, 0.1) is 26.2 Å². The van der Waals surface area contributed by atoms with Gasteiger partial charge >= 0.3 is 6.03 Å². The first-order chi connectivity index (χ1) is 12.7. The predicted octanol–water partition coefficient (Wildman–Crippen LogP) is 1.64. The Kier molecular flexibility index (Phi) is 4.82. The lowest BCUT2D eigenvalue weighted by Crippen LogP contribution is -2.53. The van der Waals surface area contributed by atoms with Crippen molar-refractivity contribution in [1.29, 1.82) is 0 Å². The van der Waals surface area contributed by atoms with Crippen molar-refractivity contribution in [3.63, 3.8) is 0 Å². The molecule has 1 aromatic rings. The summed E-state index contributed by atoms with van der Waals surface area (Å²) in [6.07, 6.45) is 1.79. The van der Waals surface area contributed by atoms with Crippen LogP contribution in [0.4, 0.5) is 4.79 Å². The molecule has 0 bridgehead atoms. The molecule has 3 aliphatic heterocycles. The van der Waals surface area contributed by atoms with Crippen molar-refractivity contribution in [1.82, 2.24) is 14.9 Å². The van der Waals surface area contributed by atoms with Crippen LogP contribution in [0, 0.1) is 0 Å². The van der Waals surface area contributed by atoms with Crippen LogP contribution in [0.15, 0.2) is 30.3 Å². The number of hydrogen-bond donors (Lipinski definition) is 0. The fourth-order valence-electron chi connectivity index (χ4n) is 3.88. The molecule has 7 heteroatoms. The molecule has 0 unspecified atom stereocenters. The van der Waals surface area contributed by atoms with Gasteiger partial charge in [-0.25, -0.2) is 9.86 Å². The van der Waals surface area contributed by atoms with Crippen molar-refractivity contribution >= 4 is 11.9 Å². The molecule has 3 saturated heterocycles. The summed E-state index contributed by atoms with van der Waals surface area (Å²) in [6, 6.07) is 9.94. The minimum Gasteiger partial charge on any atom is -0.378 e. The maximum Gasteiger partial charge on any atom is 0.320 e. The number of nitrogens with zero attached hydrogens (tertiary/aromatic N) is 3. The summed E-state index contributed by atoms with van der Waals surface area (Å²) in [5, 5.41) is 1.49. The van der Waals surface area contributed by atoms with Gasteiger partial charge in [0.1, 0.15) is 5.60 Å². The van der Waals surface area contributed by atoms with Gasteiger partial charge in [-0.15, -0.1) is 0 Å². The van der Waals surface area contributed by atoms with Crippen molar-refractivity contribution in [2.45, 2.75) is 31.4 Å². The van der Waals surface area contributed by atoms with Gasteiger partial charge in [0.2, 0.25) is 5.91 Å². The monoisotopic (exact) mass is 359 g/mol. The second-order valence-corrected chi connectivity index (χ2v) is 7.24. The second-order valence-electron chi connectivity index (χ2n) is 7.24. The molecule has 0 aromatic heterocycles. The summed E-state index contributed by atoms with van der Waals surface area (Å²) >= 11 is 0. The topological polar surface area (TPSA) is 62.3 Å². The Bertz CT molecular complexity index is 652. The zero-order chi connectivity index (χ0) is 18.0. The molecule has 0 saturated carbocycles. The highest BCUT2D eigenvalue weighted by Gasteiger charge is 2.47. The van der Waals surface area contributed by atoms with Gasteiger partial charge in [0.15, 0.2) is 0 Å². The van der Waals surface area contributed by atoms with E-state index >= 15 is 0 Å². The van der Waals surface area contributed by atoms with E-state index in [0.717, 1.165) is 5.56 Å². The number of likely N-dealkylation sites (tertiary alicyclic amines) is 1. The average Bonchev–Trinajstić information content (AvgIpc) is 2.98. The van der Waals surface area contributed by atoms with Gasteiger partial charge in [-0.2, -0.15) is 0 Å². The van der Waals surface area contributed by atoms with E-state index in [9.17, 15) is 9.59 Å². The van der Waals surface area contributed by atoms with Gasteiger partial charge in [0, 0.05) is 26.2 Å². The number of hydroxylamine groups is 2. The fourth-order valence-corrected chi connectivity index (χ4v) is 3.88. The first kappa shape index (κ1) is 17.3. The van der Waals surface area contributed by atoms with E-state index in [0.29, 0.717) is 65.2 Å². The van der Waals surface area contributed by atoms with Gasteiger partial charge in [-0.05, 0) is 18.4 Å². The van der Waals surface area contributed by atoms with Crippen LogP contribution >= 0.6 is 0 Å². The molecule has 7 nitrogen and oxygen atoms in total. The molecule has 140 valence electrons. The summed E-state index contributed by atoms with van der Waals surface area (Å²) < 4.78 is 5.31. The van der Waals surface area contributed by atoms with E-state index < -0.39 is 5.60 Å². The lowest BCUT2D eigenvalue weighted by Gasteiger charge is -2.40. The molecule has 0 atom stereocenters. The normalized spacial score (nSPS) is 22.9. The van der Waals surface area contributed by atoms with Gasteiger partial charge < -0.3 is 14.5 Å². The highest BCUT2D eigenvalue weighted by atomic mass is 16.7. The summed E-state index contributed by atoms with van der Waals surface area (Å²) in [6.45, 7) is 4.24. The van der Waals surface area contributed by atoms with E-state index in [-0.39, 0.29) is 11.9 Å². The lowest BCUT2D eigenvalue weighted by atomic mass is 9.89. The molecule has 26 heavy (non-hydrogen) atoms. The number of carbonyl (C=O) groups excluding carboxylic acids is 2. The Morgan fingerprint density at radius 3 is 2.35 bits per heavy atom. The number of carbonyl (C=O) groups is 2. The predicted molar refractivity (Wildman–Crippen MR) is 94.0 cm³/mol. The standard InChI is InChI=1S/C19H25N3O4/c23-17-14-19(26-22(17)15-16-4-2-1-3-5-16)6-8-20(9-7-19)18(24)21-10-12-25-13-11-21/h1-5H,6-15H2. The zero-order valence-electron chi connectivity index (χ0n) is 14.9. The number of morpholine rings is 1. The highest BCUT2D eigenvalue weighted by Crippen LogP contribution is 2.37. The van der Waals surface area contributed by atoms with Crippen molar-refractivity contribution in [2.75, 3.05) is 39.4 Å². The Hall–Kier alpha value is -2.12. The second kappa shape index (κ2) is 7.25. The van der Waals surface area contributed by atoms with Crippen LogP contribution < -0.4 is 0 Å². The summed E-state index contributed by atoms with van der Waals surface area (Å²) in [7, 11) is 0. The number of amides is 3. The van der Waals surface area contributed by atoms with E-state index in [1.807, 2.05) is 40.1 Å². The molecule has 3 aliphatic rings. The van der Waals surface area contributed by atoms with Crippen LogP contribution in [0.3, 0.4) is 0 Å². The maximum absolute atomic E-state index is 12.6. The van der Waals surface area contributed by atoms with Crippen LogP contribution in [-0.2, 0) is 20.9 Å². The molecule has 0 radical (unpaired) electrons. The largest absolute Gasteiger partial charge is 0.378 e. The molecule has 1 aromatic carbocycles. The van der Waals surface area contributed by atoms with E-state index in [1.165, 1.54) is 5.06 Å². The Morgan fingerprint density at radius 1 is 1.00 bits per heavy atom. The third-order valence-electron chi connectivity index (χ3n) is 5.45. The first-order valence-corrected chi connectivity index (χ1v) is 9.30. The van der Waals surface area contributed by atoms with E-state index in [2.05, 4.69) is 0 Å². The van der Waals surface area contributed by atoms with Crippen LogP contribution in [-0.4, -0.2) is 71.8 Å². The Morgan fingerprint density at radius 2 is 1.65 bits per heavy atom. The first-order valence-electron chi connectivity index (χ1n) is 9.30. The SMILES string of the molecule is O=C(N1CCOCC1)N1CCC2(CC1)CC(=O)N(Cc1ccccc1)O2. The smallest absolute Gasteiger partial charge is 0.320 e. The van der Waals surface area contributed by atoms with Crippen molar-refractivity contribution in [3.05, 3.63) is 35.9 Å². The van der Waals surface area contributed by atoms with Gasteiger partial charge in [0.25, 0.3) is 0 Å². The Labute approximate surface area is 153 Å². The van der Waals surface area contributed by atoms with E-state index in [4.69, 9.17) is 9.57 Å². The number of ether oxygens (including phenoxy) is 1. The molecular weight excluding hydrogens is 334 g/mol. The summed E-state index contributed by atoms with van der Waals surface area (Å²) in [5.41, 5.74) is 0.603. The molecule has 3 amide bonds. The number of benzene rings is 1. The average molecular weight is 359 g/mol. The third kappa shape index (κ3) is 3.54. The summed E-state index contributed by atoms with van der Waals surface area (Å²) in [5.74, 6) is 0.0295. The molecule has 3 heterocycles. The van der Waals surface area contributed by atoms with Crippen LogP contribution in [0.2, 0.25) is 0 Å². The maximum atomic E-state index is 12.6. The van der Waals surface area contributed by atoms with Crippen LogP contribution in [0.25, 0.3) is 0 Å². The number of urea groups is 1. The molecule has 0 aliphatic carbocycles. The molecule has 1 spiro atoms. The minimum atomic E-state index is -0.451. The fraction of sp³-hybridized carbons (Fsp3) is 0.579. The highest BCUT2D eigenvalue weighted by molar-refractivity contribution is 5.78. The third-order valence-corrected chi connectivity index (χ3v) is 5.45. The quantitative estimate of drug-likeness (QED) is 0.805. The Balaban J connectivity index is 1.33. The van der Waals surface area contributed by atoms with E-state index in [1.54, 1.807) is 0 Å². The molecular formula is C19H25N3O4. The number of piperidine rings is 1. The molecule has 0 N–H and O–H groups in total. The van der Waals surface area contributed by atoms with Crippen LogP contribution in [0.1, 0.15) is 24.8 Å². The lowest BCUT2D eigenvalue weighted by molar-refractivity contribution is -0.213. The van der Waals surface area contributed by atoms with Gasteiger partial charge in [-0.3, -0.25) is 9.63 Å². The number of hydrogen-bond acceptors (Lipinski definition) is 4. The molecule has 3 fully saturated rings. The minimum absolute atomic E-state index is 0.0295. The van der Waals surface area contributed by atoms with Crippen molar-refractivity contribution < 1.29 is 19.2 Å². The van der Waals surface area contributed by atoms with Crippen molar-refractivity contribution in [3.8, 4) is 0 Å². The molecule has 4 rings (SSSR count). The van der Waals surface area contributed by atoms with Crippen molar-refractivity contribution in [2.24, 2.45) is 0 Å². The summed E-state index contributed by atoms with van der Waals surface area (Å²) in [4.78, 5) is 34.8. The number of rotatable bonds is 2. The zero-order valence-corrected chi connectivity index (χ0v) is 14.9. The van der Waals surface area contributed by atoms with Gasteiger partial charge in [-0.1, -0.05) is 30.3 Å². The van der Waals surface area contributed by atoms with Crippen LogP contribution in [0.5, 0.6) is 0 Å².